The van der Waals surface area contributed by atoms with Crippen LogP contribution in [0.5, 0.6) is 0 Å². The molecule has 1 fully saturated rings. The zero-order valence-corrected chi connectivity index (χ0v) is 16.6. The summed E-state index contributed by atoms with van der Waals surface area (Å²) in [7, 11) is 0. The van der Waals surface area contributed by atoms with Gasteiger partial charge < -0.3 is 18.7 Å². The van der Waals surface area contributed by atoms with Crippen molar-refractivity contribution in [1.82, 2.24) is 20.0 Å². The average molecular weight is 383 g/mol. The van der Waals surface area contributed by atoms with Gasteiger partial charge in [-0.25, -0.2) is 4.98 Å². The maximum absolute atomic E-state index is 12.7. The van der Waals surface area contributed by atoms with Crippen molar-refractivity contribution < 1.29 is 13.7 Å². The minimum atomic E-state index is 0.164. The SMILES string of the molecule is Cc1ccc2oc(N3CCCN(C(=O)CCc4c(C)noc4C)CC3)nc2n1. The molecule has 0 spiro atoms. The fourth-order valence-electron chi connectivity index (χ4n) is 3.64. The minimum Gasteiger partial charge on any atom is -0.422 e. The molecule has 0 atom stereocenters. The van der Waals surface area contributed by atoms with Crippen molar-refractivity contribution in [2.45, 2.75) is 40.0 Å². The van der Waals surface area contributed by atoms with Crippen molar-refractivity contribution in [1.29, 1.82) is 0 Å². The number of anilines is 1. The molecule has 0 aliphatic carbocycles. The van der Waals surface area contributed by atoms with Crippen LogP contribution in [0.15, 0.2) is 21.1 Å². The number of hydrogen-bond acceptors (Lipinski definition) is 7. The van der Waals surface area contributed by atoms with E-state index < -0.39 is 0 Å². The van der Waals surface area contributed by atoms with E-state index in [-0.39, 0.29) is 5.91 Å². The number of carbonyl (C=O) groups excluding carboxylic acids is 1. The predicted octanol–water partition coefficient (Wildman–Crippen LogP) is 2.81. The van der Waals surface area contributed by atoms with Gasteiger partial charge >= 0.3 is 0 Å². The van der Waals surface area contributed by atoms with Crippen molar-refractivity contribution >= 4 is 23.2 Å². The van der Waals surface area contributed by atoms with E-state index in [1.807, 2.05) is 37.8 Å². The molecule has 0 aromatic carbocycles. The van der Waals surface area contributed by atoms with E-state index in [9.17, 15) is 4.79 Å². The van der Waals surface area contributed by atoms with Crippen molar-refractivity contribution in [2.24, 2.45) is 0 Å². The Morgan fingerprint density at radius 3 is 2.75 bits per heavy atom. The maximum Gasteiger partial charge on any atom is 0.300 e. The number of fused-ring (bicyclic) bond motifs is 1. The molecule has 0 radical (unpaired) electrons. The second kappa shape index (κ2) is 7.61. The van der Waals surface area contributed by atoms with Gasteiger partial charge in [-0.05, 0) is 45.7 Å². The molecule has 1 saturated heterocycles. The van der Waals surface area contributed by atoms with Crippen LogP contribution in [0.25, 0.3) is 11.2 Å². The summed E-state index contributed by atoms with van der Waals surface area (Å²) in [4.78, 5) is 25.7. The second-order valence-electron chi connectivity index (χ2n) is 7.29. The summed E-state index contributed by atoms with van der Waals surface area (Å²) in [6, 6.07) is 4.40. The molecule has 0 unspecified atom stereocenters. The quantitative estimate of drug-likeness (QED) is 0.684. The Morgan fingerprint density at radius 2 is 1.96 bits per heavy atom. The lowest BCUT2D eigenvalue weighted by Gasteiger charge is -2.21. The van der Waals surface area contributed by atoms with Crippen molar-refractivity contribution in [3.63, 3.8) is 0 Å². The van der Waals surface area contributed by atoms with Gasteiger partial charge in [-0.2, -0.15) is 4.98 Å². The lowest BCUT2D eigenvalue weighted by Crippen LogP contribution is -2.35. The Kier molecular flexibility index (Phi) is 5.02. The fourth-order valence-corrected chi connectivity index (χ4v) is 3.64. The fraction of sp³-hybridized carbons (Fsp3) is 0.500. The van der Waals surface area contributed by atoms with E-state index in [4.69, 9.17) is 8.94 Å². The van der Waals surface area contributed by atoms with E-state index in [0.29, 0.717) is 43.2 Å². The van der Waals surface area contributed by atoms with Crippen LogP contribution in [0.4, 0.5) is 6.01 Å². The van der Waals surface area contributed by atoms with Gasteiger partial charge in [0, 0.05) is 43.9 Å². The topological polar surface area (TPSA) is 88.5 Å². The van der Waals surface area contributed by atoms with E-state index in [1.54, 1.807) is 0 Å². The number of nitrogens with zero attached hydrogens (tertiary/aromatic N) is 5. The van der Waals surface area contributed by atoms with Gasteiger partial charge in [0.1, 0.15) is 5.76 Å². The molecule has 0 saturated carbocycles. The molecule has 8 nitrogen and oxygen atoms in total. The highest BCUT2D eigenvalue weighted by Crippen LogP contribution is 2.22. The Bertz CT molecular complexity index is 974. The smallest absolute Gasteiger partial charge is 0.300 e. The first kappa shape index (κ1) is 18.5. The highest BCUT2D eigenvalue weighted by Gasteiger charge is 2.23. The molecule has 8 heteroatoms. The van der Waals surface area contributed by atoms with E-state index in [1.165, 1.54) is 0 Å². The van der Waals surface area contributed by atoms with Gasteiger partial charge in [0.15, 0.2) is 5.58 Å². The zero-order valence-electron chi connectivity index (χ0n) is 16.6. The summed E-state index contributed by atoms with van der Waals surface area (Å²) in [5.74, 6) is 0.962. The van der Waals surface area contributed by atoms with Gasteiger partial charge in [-0.1, -0.05) is 5.16 Å². The van der Waals surface area contributed by atoms with Gasteiger partial charge in [0.2, 0.25) is 11.6 Å². The van der Waals surface area contributed by atoms with Gasteiger partial charge in [0.05, 0.1) is 5.69 Å². The molecule has 3 aromatic rings. The molecule has 148 valence electrons. The van der Waals surface area contributed by atoms with Crippen LogP contribution < -0.4 is 4.90 Å². The average Bonchev–Trinajstić information content (AvgIpc) is 3.12. The maximum atomic E-state index is 12.7. The second-order valence-corrected chi connectivity index (χ2v) is 7.29. The molecule has 4 heterocycles. The van der Waals surface area contributed by atoms with Gasteiger partial charge in [-0.3, -0.25) is 4.79 Å². The Balaban J connectivity index is 1.38. The van der Waals surface area contributed by atoms with Crippen LogP contribution in [0, 0.1) is 20.8 Å². The number of pyridine rings is 1. The number of hydrogen-bond donors (Lipinski definition) is 0. The zero-order chi connectivity index (χ0) is 19.7. The summed E-state index contributed by atoms with van der Waals surface area (Å²) in [5, 5.41) is 3.96. The third-order valence-corrected chi connectivity index (χ3v) is 5.27. The summed E-state index contributed by atoms with van der Waals surface area (Å²) in [6.45, 7) is 8.64. The summed E-state index contributed by atoms with van der Waals surface area (Å²) < 4.78 is 11.1. The molecule has 0 bridgehead atoms. The molecule has 1 aliphatic heterocycles. The number of aromatic nitrogens is 3. The number of amides is 1. The van der Waals surface area contributed by atoms with Crippen LogP contribution in [0.3, 0.4) is 0 Å². The van der Waals surface area contributed by atoms with Crippen LogP contribution >= 0.6 is 0 Å². The van der Waals surface area contributed by atoms with Crippen LogP contribution in [0.1, 0.15) is 35.6 Å². The lowest BCUT2D eigenvalue weighted by molar-refractivity contribution is -0.130. The first-order chi connectivity index (χ1) is 13.5. The molecular weight excluding hydrogens is 358 g/mol. The Labute approximate surface area is 163 Å². The Morgan fingerprint density at radius 1 is 1.11 bits per heavy atom. The van der Waals surface area contributed by atoms with Crippen molar-refractivity contribution in [3.05, 3.63) is 34.8 Å². The van der Waals surface area contributed by atoms with E-state index >= 15 is 0 Å². The third kappa shape index (κ3) is 3.72. The lowest BCUT2D eigenvalue weighted by atomic mass is 10.1. The number of oxazole rings is 1. The van der Waals surface area contributed by atoms with Gasteiger partial charge in [0.25, 0.3) is 6.01 Å². The summed E-state index contributed by atoms with van der Waals surface area (Å²) in [5.41, 5.74) is 4.15. The van der Waals surface area contributed by atoms with Crippen molar-refractivity contribution in [3.8, 4) is 0 Å². The first-order valence-electron chi connectivity index (χ1n) is 9.70. The molecule has 1 amide bonds. The largest absolute Gasteiger partial charge is 0.422 e. The van der Waals surface area contributed by atoms with Gasteiger partial charge in [-0.15, -0.1) is 0 Å². The highest BCUT2D eigenvalue weighted by molar-refractivity contribution is 5.76. The summed E-state index contributed by atoms with van der Waals surface area (Å²) >= 11 is 0. The summed E-state index contributed by atoms with van der Waals surface area (Å²) in [6.07, 6.45) is 2.01. The number of carbonyl (C=O) groups is 1. The molecule has 1 aliphatic rings. The van der Waals surface area contributed by atoms with Crippen LogP contribution in [-0.4, -0.2) is 52.1 Å². The van der Waals surface area contributed by atoms with E-state index in [2.05, 4.69) is 20.0 Å². The molecule has 28 heavy (non-hydrogen) atoms. The first-order valence-corrected chi connectivity index (χ1v) is 9.70. The number of rotatable bonds is 4. The monoisotopic (exact) mass is 383 g/mol. The minimum absolute atomic E-state index is 0.164. The third-order valence-electron chi connectivity index (χ3n) is 5.27. The van der Waals surface area contributed by atoms with Crippen LogP contribution in [-0.2, 0) is 11.2 Å². The molecule has 3 aromatic heterocycles. The standard InChI is InChI=1S/C20H25N5O3/c1-13-5-7-17-19(21-13)22-20(27-17)25-10-4-9-24(11-12-25)18(26)8-6-16-14(2)23-28-15(16)3/h5,7H,4,6,8-12H2,1-3H3. The molecule has 4 rings (SSSR count). The molecule has 0 N–H and O–H groups in total. The predicted molar refractivity (Wildman–Crippen MR) is 104 cm³/mol. The molecular formula is C20H25N5O3. The van der Waals surface area contributed by atoms with Crippen molar-refractivity contribution in [2.75, 3.05) is 31.1 Å². The van der Waals surface area contributed by atoms with Crippen LogP contribution in [0.2, 0.25) is 0 Å². The Hall–Kier alpha value is -2.90. The van der Waals surface area contributed by atoms with E-state index in [0.717, 1.165) is 42.2 Å². The normalized spacial score (nSPS) is 15.2. The highest BCUT2D eigenvalue weighted by atomic mass is 16.5. The number of aryl methyl sites for hydroxylation is 3.